The fourth-order valence-corrected chi connectivity index (χ4v) is 2.98. The maximum Gasteiger partial charge on any atom is 0.340 e. The molecular weight excluding hydrogens is 302 g/mol. The minimum Gasteiger partial charge on any atom is -0.445 e. The van der Waals surface area contributed by atoms with Crippen molar-refractivity contribution < 1.29 is 13.9 Å². The fraction of sp³-hybridized carbons (Fsp3) is 0.571. The lowest BCUT2D eigenvalue weighted by molar-refractivity contribution is -0.131. The van der Waals surface area contributed by atoms with E-state index in [1.165, 1.54) is 0 Å². The predicted molar refractivity (Wildman–Crippen MR) is 76.7 cm³/mol. The lowest BCUT2D eigenvalue weighted by Gasteiger charge is -2.24. The van der Waals surface area contributed by atoms with Crippen LogP contribution >= 0.6 is 0 Å². The van der Waals surface area contributed by atoms with E-state index in [4.69, 9.17) is 9.15 Å². The fourth-order valence-electron chi connectivity index (χ4n) is 2.98. The SMILES string of the molecule is O=C(Cc1n[nH]c(=O)[nH]1)N1CCc2oc(C3CCOC3)nc2C1. The number of nitrogens with one attached hydrogen (secondary N) is 2. The first kappa shape index (κ1) is 14.2. The first-order valence-electron chi connectivity index (χ1n) is 7.66. The highest BCUT2D eigenvalue weighted by molar-refractivity contribution is 5.78. The third-order valence-corrected chi connectivity index (χ3v) is 4.24. The molecule has 9 heteroatoms. The van der Waals surface area contributed by atoms with E-state index in [-0.39, 0.29) is 18.2 Å². The lowest BCUT2D eigenvalue weighted by Crippen LogP contribution is -2.37. The Morgan fingerprint density at radius 2 is 2.35 bits per heavy atom. The van der Waals surface area contributed by atoms with Crippen molar-refractivity contribution in [3.8, 4) is 0 Å². The molecular formula is C14H17N5O4. The van der Waals surface area contributed by atoms with Crippen LogP contribution in [0.4, 0.5) is 0 Å². The molecule has 2 aliphatic heterocycles. The average Bonchev–Trinajstić information content (AvgIpc) is 3.26. The van der Waals surface area contributed by atoms with E-state index in [1.807, 2.05) is 0 Å². The van der Waals surface area contributed by atoms with Crippen LogP contribution in [0.5, 0.6) is 0 Å². The molecule has 1 amide bonds. The van der Waals surface area contributed by atoms with Crippen molar-refractivity contribution in [3.63, 3.8) is 0 Å². The number of H-pyrrole nitrogens is 2. The number of fused-ring (bicyclic) bond motifs is 1. The molecule has 1 unspecified atom stereocenters. The van der Waals surface area contributed by atoms with E-state index in [0.717, 1.165) is 30.4 Å². The molecule has 1 fully saturated rings. The van der Waals surface area contributed by atoms with Gasteiger partial charge in [-0.1, -0.05) is 0 Å². The van der Waals surface area contributed by atoms with Crippen LogP contribution in [0.3, 0.4) is 0 Å². The molecule has 2 aliphatic rings. The van der Waals surface area contributed by atoms with Crippen molar-refractivity contribution in [2.75, 3.05) is 19.8 Å². The third-order valence-electron chi connectivity index (χ3n) is 4.24. The van der Waals surface area contributed by atoms with Gasteiger partial charge >= 0.3 is 5.69 Å². The normalized spacial score (nSPS) is 20.7. The van der Waals surface area contributed by atoms with Crippen LogP contribution in [0.15, 0.2) is 9.21 Å². The van der Waals surface area contributed by atoms with Crippen molar-refractivity contribution in [1.82, 2.24) is 25.1 Å². The van der Waals surface area contributed by atoms with Gasteiger partial charge in [-0.25, -0.2) is 14.9 Å². The number of amides is 1. The van der Waals surface area contributed by atoms with Crippen LogP contribution in [0.2, 0.25) is 0 Å². The number of ether oxygens (including phenoxy) is 1. The number of hydrogen-bond acceptors (Lipinski definition) is 6. The maximum absolute atomic E-state index is 12.3. The highest BCUT2D eigenvalue weighted by Gasteiger charge is 2.29. The molecule has 0 spiro atoms. The van der Waals surface area contributed by atoms with Crippen LogP contribution in [-0.4, -0.2) is 50.7 Å². The molecule has 122 valence electrons. The summed E-state index contributed by atoms with van der Waals surface area (Å²) in [5.41, 5.74) is 0.413. The summed E-state index contributed by atoms with van der Waals surface area (Å²) >= 11 is 0. The second-order valence-electron chi connectivity index (χ2n) is 5.85. The number of rotatable bonds is 3. The number of aromatic nitrogens is 4. The second kappa shape index (κ2) is 5.65. The van der Waals surface area contributed by atoms with Gasteiger partial charge in [0.2, 0.25) is 5.91 Å². The number of oxazole rings is 1. The number of aromatic amines is 2. The van der Waals surface area contributed by atoms with Crippen LogP contribution in [0.25, 0.3) is 0 Å². The zero-order valence-corrected chi connectivity index (χ0v) is 12.5. The largest absolute Gasteiger partial charge is 0.445 e. The van der Waals surface area contributed by atoms with Gasteiger partial charge in [-0.3, -0.25) is 9.78 Å². The highest BCUT2D eigenvalue weighted by Crippen LogP contribution is 2.28. The van der Waals surface area contributed by atoms with Gasteiger partial charge in [0.05, 0.1) is 25.5 Å². The van der Waals surface area contributed by atoms with Crippen LogP contribution in [0, 0.1) is 0 Å². The quantitative estimate of drug-likeness (QED) is 0.803. The first-order chi connectivity index (χ1) is 11.2. The Labute approximate surface area is 131 Å². The molecule has 0 aliphatic carbocycles. The summed E-state index contributed by atoms with van der Waals surface area (Å²) in [4.78, 5) is 32.1. The molecule has 1 saturated heterocycles. The van der Waals surface area contributed by atoms with Gasteiger partial charge in [0.25, 0.3) is 0 Å². The van der Waals surface area contributed by atoms with E-state index in [2.05, 4.69) is 20.2 Å². The van der Waals surface area contributed by atoms with Crippen LogP contribution in [0.1, 0.15) is 35.5 Å². The van der Waals surface area contributed by atoms with Gasteiger partial charge in [-0.15, -0.1) is 0 Å². The topological polar surface area (TPSA) is 117 Å². The van der Waals surface area contributed by atoms with Crippen LogP contribution < -0.4 is 5.69 Å². The van der Waals surface area contributed by atoms with Gasteiger partial charge in [0, 0.05) is 19.6 Å². The Morgan fingerprint density at radius 3 is 3.09 bits per heavy atom. The number of carbonyl (C=O) groups is 1. The summed E-state index contributed by atoms with van der Waals surface area (Å²) in [6.45, 7) is 2.40. The van der Waals surface area contributed by atoms with Crippen molar-refractivity contribution in [1.29, 1.82) is 0 Å². The van der Waals surface area contributed by atoms with E-state index < -0.39 is 5.69 Å². The Bertz CT molecular complexity index is 770. The summed E-state index contributed by atoms with van der Waals surface area (Å²) in [5.74, 6) is 2.06. The molecule has 2 aromatic heterocycles. The predicted octanol–water partition coefficient (Wildman–Crippen LogP) is -0.283. The zero-order chi connectivity index (χ0) is 15.8. The first-order valence-corrected chi connectivity index (χ1v) is 7.66. The smallest absolute Gasteiger partial charge is 0.340 e. The van der Waals surface area contributed by atoms with E-state index in [9.17, 15) is 9.59 Å². The summed E-state index contributed by atoms with van der Waals surface area (Å²) in [7, 11) is 0. The Morgan fingerprint density at radius 1 is 1.43 bits per heavy atom. The molecule has 0 saturated carbocycles. The standard InChI is InChI=1S/C14H17N5O4/c20-12(5-11-16-14(21)18-17-11)19-3-1-10-9(6-19)15-13(23-10)8-2-4-22-7-8/h8H,1-7H2,(H2,16,17,18,21). The lowest BCUT2D eigenvalue weighted by atomic mass is 10.1. The summed E-state index contributed by atoms with van der Waals surface area (Å²) in [6, 6.07) is 0. The Balaban J connectivity index is 1.45. The Kier molecular flexibility index (Phi) is 3.49. The second-order valence-corrected chi connectivity index (χ2v) is 5.85. The number of nitrogens with zero attached hydrogens (tertiary/aromatic N) is 3. The van der Waals surface area contributed by atoms with Crippen molar-refractivity contribution >= 4 is 5.91 Å². The molecule has 0 radical (unpaired) electrons. The van der Waals surface area contributed by atoms with Crippen molar-refractivity contribution in [3.05, 3.63) is 33.7 Å². The summed E-state index contributed by atoms with van der Waals surface area (Å²) in [6.07, 6.45) is 1.64. The minimum atomic E-state index is -0.409. The zero-order valence-electron chi connectivity index (χ0n) is 12.5. The monoisotopic (exact) mass is 319 g/mol. The molecule has 23 heavy (non-hydrogen) atoms. The van der Waals surface area contributed by atoms with Gasteiger partial charge in [0.1, 0.15) is 17.3 Å². The van der Waals surface area contributed by atoms with Gasteiger partial charge in [0.15, 0.2) is 5.89 Å². The average molecular weight is 319 g/mol. The molecule has 0 bridgehead atoms. The molecule has 4 rings (SSSR count). The minimum absolute atomic E-state index is 0.0647. The summed E-state index contributed by atoms with van der Waals surface area (Å²) in [5, 5.41) is 6.02. The van der Waals surface area contributed by atoms with Crippen molar-refractivity contribution in [2.45, 2.75) is 31.7 Å². The Hall–Kier alpha value is -2.42. The molecule has 1 atom stereocenters. The van der Waals surface area contributed by atoms with E-state index >= 15 is 0 Å². The number of hydrogen-bond donors (Lipinski definition) is 2. The molecule has 4 heterocycles. The van der Waals surface area contributed by atoms with E-state index in [1.54, 1.807) is 4.90 Å². The number of carbonyl (C=O) groups excluding carboxylic acids is 1. The molecule has 9 nitrogen and oxygen atoms in total. The molecule has 2 N–H and O–H groups in total. The van der Waals surface area contributed by atoms with Gasteiger partial charge < -0.3 is 14.1 Å². The summed E-state index contributed by atoms with van der Waals surface area (Å²) < 4.78 is 11.2. The van der Waals surface area contributed by atoms with Gasteiger partial charge in [-0.05, 0) is 6.42 Å². The maximum atomic E-state index is 12.3. The molecule has 2 aromatic rings. The van der Waals surface area contributed by atoms with Crippen molar-refractivity contribution in [2.24, 2.45) is 0 Å². The van der Waals surface area contributed by atoms with Gasteiger partial charge in [-0.2, -0.15) is 5.10 Å². The highest BCUT2D eigenvalue weighted by atomic mass is 16.5. The van der Waals surface area contributed by atoms with Crippen LogP contribution in [-0.2, 0) is 28.9 Å². The molecule has 0 aromatic carbocycles. The third kappa shape index (κ3) is 2.79. The van der Waals surface area contributed by atoms with E-state index in [0.29, 0.717) is 31.9 Å².